The van der Waals surface area contributed by atoms with Crippen molar-refractivity contribution in [1.29, 1.82) is 0 Å². The molecule has 1 aromatic carbocycles. The molecule has 7 nitrogen and oxygen atoms in total. The molecule has 0 aromatic heterocycles. The molecular weight excluding hydrogens is 366 g/mol. The third-order valence-electron chi connectivity index (χ3n) is 5.23. The van der Waals surface area contributed by atoms with Gasteiger partial charge in [0.1, 0.15) is 23.4 Å². The third kappa shape index (κ3) is 4.16. The number of nitrogens with one attached hydrogen (secondary N) is 1. The molecule has 0 unspecified atom stereocenters. The number of hydrogen-bond donors (Lipinski definition) is 1. The van der Waals surface area contributed by atoms with Crippen LogP contribution in [-0.2, 0) is 9.59 Å². The van der Waals surface area contributed by atoms with Crippen LogP contribution < -0.4 is 14.4 Å². The van der Waals surface area contributed by atoms with E-state index < -0.39 is 0 Å². The number of piperazine rings is 1. The zero-order valence-corrected chi connectivity index (χ0v) is 17.2. The molecule has 3 rings (SSSR count). The first-order valence-electron chi connectivity index (χ1n) is 9.21. The Labute approximate surface area is 164 Å². The SMILES string of the molecule is COc1ccc(OC)c([C@@H]2S[C@H](C)C(=O)N2CC(=O)N2CC[NH+](C)CC2)c1. The topological polar surface area (TPSA) is 63.5 Å². The number of rotatable bonds is 5. The number of nitrogens with zero attached hydrogens (tertiary/aromatic N) is 2. The molecule has 0 radical (unpaired) electrons. The Kier molecular flexibility index (Phi) is 6.16. The lowest BCUT2D eigenvalue weighted by atomic mass is 10.1. The van der Waals surface area contributed by atoms with Crippen molar-refractivity contribution in [3.8, 4) is 11.5 Å². The van der Waals surface area contributed by atoms with E-state index in [1.165, 1.54) is 16.7 Å². The van der Waals surface area contributed by atoms with E-state index in [4.69, 9.17) is 9.47 Å². The van der Waals surface area contributed by atoms with Crippen LogP contribution in [0, 0.1) is 0 Å². The maximum atomic E-state index is 12.8. The third-order valence-corrected chi connectivity index (χ3v) is 6.60. The number of ether oxygens (including phenoxy) is 2. The predicted molar refractivity (Wildman–Crippen MR) is 104 cm³/mol. The van der Waals surface area contributed by atoms with Gasteiger partial charge in [-0.2, -0.15) is 0 Å². The van der Waals surface area contributed by atoms with Crippen molar-refractivity contribution >= 4 is 23.6 Å². The Morgan fingerprint density at radius 2 is 1.96 bits per heavy atom. The van der Waals surface area contributed by atoms with Crippen molar-refractivity contribution in [2.75, 3.05) is 54.0 Å². The number of carbonyl (C=O) groups excluding carboxylic acids is 2. The zero-order chi connectivity index (χ0) is 19.6. The van der Waals surface area contributed by atoms with Gasteiger partial charge < -0.3 is 24.2 Å². The minimum Gasteiger partial charge on any atom is -0.497 e. The van der Waals surface area contributed by atoms with Crippen LogP contribution in [0.15, 0.2) is 18.2 Å². The molecule has 2 amide bonds. The minimum absolute atomic E-state index is 0.0111. The number of benzene rings is 1. The summed E-state index contributed by atoms with van der Waals surface area (Å²) in [6, 6.07) is 5.55. The van der Waals surface area contributed by atoms with Crippen LogP contribution in [0.3, 0.4) is 0 Å². The van der Waals surface area contributed by atoms with Crippen molar-refractivity contribution in [2.24, 2.45) is 0 Å². The van der Waals surface area contributed by atoms with Gasteiger partial charge in [0, 0.05) is 5.56 Å². The predicted octanol–water partition coefficient (Wildman–Crippen LogP) is 0.0232. The van der Waals surface area contributed by atoms with Gasteiger partial charge in [0.15, 0.2) is 0 Å². The average Bonchev–Trinajstić information content (AvgIpc) is 2.96. The molecule has 2 heterocycles. The fourth-order valence-electron chi connectivity index (χ4n) is 3.49. The maximum Gasteiger partial charge on any atom is 0.242 e. The first-order valence-corrected chi connectivity index (χ1v) is 10.2. The number of methoxy groups -OCH3 is 2. The van der Waals surface area contributed by atoms with E-state index in [0.29, 0.717) is 11.5 Å². The van der Waals surface area contributed by atoms with Gasteiger partial charge in [0.05, 0.1) is 52.7 Å². The Morgan fingerprint density at radius 3 is 2.59 bits per heavy atom. The summed E-state index contributed by atoms with van der Waals surface area (Å²) in [5, 5.41) is -0.463. The largest absolute Gasteiger partial charge is 0.497 e. The molecule has 0 bridgehead atoms. The summed E-state index contributed by atoms with van der Waals surface area (Å²) in [7, 11) is 5.35. The molecule has 2 aliphatic rings. The van der Waals surface area contributed by atoms with E-state index in [0.717, 1.165) is 31.7 Å². The van der Waals surface area contributed by atoms with E-state index >= 15 is 0 Å². The Morgan fingerprint density at radius 1 is 1.26 bits per heavy atom. The first-order chi connectivity index (χ1) is 12.9. The maximum absolute atomic E-state index is 12.8. The van der Waals surface area contributed by atoms with Crippen LogP contribution in [0.25, 0.3) is 0 Å². The van der Waals surface area contributed by atoms with Crippen LogP contribution in [0.4, 0.5) is 0 Å². The zero-order valence-electron chi connectivity index (χ0n) is 16.4. The van der Waals surface area contributed by atoms with E-state index in [9.17, 15) is 9.59 Å². The summed E-state index contributed by atoms with van der Waals surface area (Å²) in [4.78, 5) is 30.6. The highest BCUT2D eigenvalue weighted by Crippen LogP contribution is 2.46. The number of thioether (sulfide) groups is 1. The highest BCUT2D eigenvalue weighted by atomic mass is 32.2. The van der Waals surface area contributed by atoms with Gasteiger partial charge in [-0.05, 0) is 25.1 Å². The second-order valence-electron chi connectivity index (χ2n) is 7.04. The summed E-state index contributed by atoms with van der Waals surface area (Å²) in [6.07, 6.45) is 0. The lowest BCUT2D eigenvalue weighted by Gasteiger charge is -2.32. The van der Waals surface area contributed by atoms with Crippen LogP contribution in [0.5, 0.6) is 11.5 Å². The first kappa shape index (κ1) is 19.8. The van der Waals surface area contributed by atoms with Gasteiger partial charge in [-0.3, -0.25) is 9.59 Å². The average molecular weight is 395 g/mol. The molecule has 148 valence electrons. The smallest absolute Gasteiger partial charge is 0.242 e. The van der Waals surface area contributed by atoms with Gasteiger partial charge >= 0.3 is 0 Å². The summed E-state index contributed by atoms with van der Waals surface area (Å²) < 4.78 is 10.8. The monoisotopic (exact) mass is 394 g/mol. The molecule has 2 aliphatic heterocycles. The highest BCUT2D eigenvalue weighted by molar-refractivity contribution is 8.01. The Balaban J connectivity index is 1.82. The fourth-order valence-corrected chi connectivity index (χ4v) is 4.79. The number of likely N-dealkylation sites (N-methyl/N-ethyl adjacent to an activating group) is 1. The molecule has 2 fully saturated rings. The number of carbonyl (C=O) groups is 2. The van der Waals surface area contributed by atoms with Crippen LogP contribution in [0.1, 0.15) is 17.9 Å². The summed E-state index contributed by atoms with van der Waals surface area (Å²) in [5.74, 6) is 1.39. The van der Waals surface area contributed by atoms with Gasteiger partial charge in [-0.1, -0.05) is 0 Å². The minimum atomic E-state index is -0.264. The summed E-state index contributed by atoms with van der Waals surface area (Å²) in [5.41, 5.74) is 0.857. The van der Waals surface area contributed by atoms with E-state index in [1.807, 2.05) is 30.0 Å². The highest BCUT2D eigenvalue weighted by Gasteiger charge is 2.41. The van der Waals surface area contributed by atoms with Crippen LogP contribution in [0.2, 0.25) is 0 Å². The molecule has 2 atom stereocenters. The lowest BCUT2D eigenvalue weighted by Crippen LogP contribution is -3.12. The quantitative estimate of drug-likeness (QED) is 0.763. The van der Waals surface area contributed by atoms with Crippen LogP contribution >= 0.6 is 11.8 Å². The second kappa shape index (κ2) is 8.39. The van der Waals surface area contributed by atoms with Crippen molar-refractivity contribution in [2.45, 2.75) is 17.5 Å². The van der Waals surface area contributed by atoms with Crippen molar-refractivity contribution in [3.63, 3.8) is 0 Å². The van der Waals surface area contributed by atoms with E-state index in [1.54, 1.807) is 19.1 Å². The summed E-state index contributed by atoms with van der Waals surface area (Å²) >= 11 is 1.54. The second-order valence-corrected chi connectivity index (χ2v) is 8.47. The molecule has 0 saturated carbocycles. The number of hydrogen-bond acceptors (Lipinski definition) is 5. The molecule has 27 heavy (non-hydrogen) atoms. The molecule has 1 N–H and O–H groups in total. The molecule has 2 saturated heterocycles. The van der Waals surface area contributed by atoms with Crippen LogP contribution in [-0.4, -0.2) is 80.9 Å². The van der Waals surface area contributed by atoms with Gasteiger partial charge in [0.2, 0.25) is 11.8 Å². The Bertz CT molecular complexity index is 706. The fraction of sp³-hybridized carbons (Fsp3) is 0.579. The summed E-state index contributed by atoms with van der Waals surface area (Å²) in [6.45, 7) is 5.34. The normalized spacial score (nSPS) is 23.6. The van der Waals surface area contributed by atoms with Gasteiger partial charge in [0.25, 0.3) is 0 Å². The van der Waals surface area contributed by atoms with Crippen molar-refractivity contribution < 1.29 is 24.0 Å². The molecule has 0 spiro atoms. The van der Waals surface area contributed by atoms with E-state index in [-0.39, 0.29) is 29.0 Å². The molecule has 1 aromatic rings. The Hall–Kier alpha value is -1.93. The standard InChI is InChI=1S/C19H27N3O4S/c1-13-18(24)22(12-17(23)21-9-7-20(2)8-10-21)19(27-13)15-11-14(25-3)5-6-16(15)26-4/h5-6,11,13,19H,7-10,12H2,1-4H3/p+1/t13-,19+/m1/s1. The number of quaternary nitrogens is 1. The van der Waals surface area contributed by atoms with E-state index in [2.05, 4.69) is 7.05 Å². The number of amides is 2. The van der Waals surface area contributed by atoms with Crippen molar-refractivity contribution in [1.82, 2.24) is 9.80 Å². The molecule has 0 aliphatic carbocycles. The van der Waals surface area contributed by atoms with Crippen molar-refractivity contribution in [3.05, 3.63) is 23.8 Å². The molecular formula is C19H28N3O4S+. The van der Waals surface area contributed by atoms with Gasteiger partial charge in [-0.15, -0.1) is 11.8 Å². The van der Waals surface area contributed by atoms with Gasteiger partial charge in [-0.25, -0.2) is 0 Å². The molecule has 8 heteroatoms. The lowest BCUT2D eigenvalue weighted by molar-refractivity contribution is -0.883.